The van der Waals surface area contributed by atoms with Crippen LogP contribution >= 0.6 is 0 Å². The summed E-state index contributed by atoms with van der Waals surface area (Å²) in [6, 6.07) is 0. The Hall–Kier alpha value is -1.26. The highest BCUT2D eigenvalue weighted by molar-refractivity contribution is 5.75. The number of hydrogen-bond acceptors (Lipinski definition) is 8. The maximum absolute atomic E-state index is 11.1. The quantitative estimate of drug-likeness (QED) is 0.357. The van der Waals surface area contributed by atoms with Crippen molar-refractivity contribution in [3.05, 3.63) is 0 Å². The van der Waals surface area contributed by atoms with Gasteiger partial charge in [0.1, 0.15) is 12.2 Å². The molecule has 21 heavy (non-hydrogen) atoms. The van der Waals surface area contributed by atoms with E-state index in [0.29, 0.717) is 0 Å². The highest BCUT2D eigenvalue weighted by Gasteiger charge is 2.53. The number of carbonyl (C=O) groups excluding carboxylic acids is 1. The molecule has 9 nitrogen and oxygen atoms in total. The molecule has 0 spiro atoms. The minimum atomic E-state index is -2.66. The highest BCUT2D eigenvalue weighted by atomic mass is 16.7. The number of carboxylic acid groups (broad SMARTS) is 1. The summed E-state index contributed by atoms with van der Waals surface area (Å²) in [7, 11) is 0. The first kappa shape index (κ1) is 17.8. The Labute approximate surface area is 120 Å². The van der Waals surface area contributed by atoms with E-state index in [1.807, 2.05) is 0 Å². The SMILES string of the molecule is CC(=O)OC(C(O)CO)C1OC(O)(C(=O)O)CC(O)C1C. The molecule has 122 valence electrons. The van der Waals surface area contributed by atoms with Gasteiger partial charge in [0, 0.05) is 19.3 Å². The number of rotatable bonds is 5. The van der Waals surface area contributed by atoms with Crippen molar-refractivity contribution in [2.24, 2.45) is 5.92 Å². The van der Waals surface area contributed by atoms with Crippen LogP contribution in [0.15, 0.2) is 0 Å². The fourth-order valence-corrected chi connectivity index (χ4v) is 2.23. The third-order valence-corrected chi connectivity index (χ3v) is 3.47. The van der Waals surface area contributed by atoms with Gasteiger partial charge in [-0.05, 0) is 0 Å². The molecule has 0 radical (unpaired) electrons. The number of aliphatic hydroxyl groups is 4. The molecular weight excluding hydrogens is 288 g/mol. The van der Waals surface area contributed by atoms with Crippen LogP contribution < -0.4 is 0 Å². The van der Waals surface area contributed by atoms with Crippen LogP contribution in [0, 0.1) is 5.92 Å². The van der Waals surface area contributed by atoms with Gasteiger partial charge in [-0.25, -0.2) is 4.79 Å². The van der Waals surface area contributed by atoms with Gasteiger partial charge in [0.2, 0.25) is 0 Å². The topological polar surface area (TPSA) is 154 Å². The maximum Gasteiger partial charge on any atom is 0.364 e. The summed E-state index contributed by atoms with van der Waals surface area (Å²) in [5.41, 5.74) is 0. The molecule has 1 rings (SSSR count). The molecule has 0 aromatic carbocycles. The van der Waals surface area contributed by atoms with Crippen LogP contribution in [0.2, 0.25) is 0 Å². The summed E-state index contributed by atoms with van der Waals surface area (Å²) < 4.78 is 9.90. The molecule has 0 aliphatic carbocycles. The third-order valence-electron chi connectivity index (χ3n) is 3.47. The Morgan fingerprint density at radius 1 is 1.48 bits per heavy atom. The van der Waals surface area contributed by atoms with Crippen molar-refractivity contribution in [3.8, 4) is 0 Å². The molecule has 0 bridgehead atoms. The van der Waals surface area contributed by atoms with E-state index in [-0.39, 0.29) is 0 Å². The monoisotopic (exact) mass is 308 g/mol. The van der Waals surface area contributed by atoms with E-state index in [4.69, 9.17) is 19.7 Å². The number of hydrogen-bond donors (Lipinski definition) is 5. The van der Waals surface area contributed by atoms with Gasteiger partial charge < -0.3 is 35.0 Å². The molecule has 1 aliphatic heterocycles. The zero-order valence-corrected chi connectivity index (χ0v) is 11.7. The number of carbonyl (C=O) groups is 2. The lowest BCUT2D eigenvalue weighted by molar-refractivity contribution is -0.303. The van der Waals surface area contributed by atoms with Crippen molar-refractivity contribution in [3.63, 3.8) is 0 Å². The summed E-state index contributed by atoms with van der Waals surface area (Å²) in [5, 5.41) is 47.4. The molecule has 1 heterocycles. The molecule has 0 aromatic heterocycles. The van der Waals surface area contributed by atoms with E-state index in [1.165, 1.54) is 6.92 Å². The van der Waals surface area contributed by atoms with Gasteiger partial charge in [0.25, 0.3) is 5.79 Å². The van der Waals surface area contributed by atoms with Crippen LogP contribution in [-0.4, -0.2) is 74.3 Å². The molecule has 5 N–H and O–H groups in total. The van der Waals surface area contributed by atoms with E-state index >= 15 is 0 Å². The summed E-state index contributed by atoms with van der Waals surface area (Å²) in [6.45, 7) is 1.77. The Bertz CT molecular complexity index is 398. The predicted molar refractivity (Wildman–Crippen MR) is 65.9 cm³/mol. The first-order chi connectivity index (χ1) is 9.62. The Kier molecular flexibility index (Phi) is 5.65. The zero-order valence-electron chi connectivity index (χ0n) is 11.7. The number of carboxylic acids is 1. The number of aliphatic carboxylic acids is 1. The van der Waals surface area contributed by atoms with Gasteiger partial charge >= 0.3 is 11.9 Å². The van der Waals surface area contributed by atoms with E-state index in [0.717, 1.165) is 6.92 Å². The van der Waals surface area contributed by atoms with Crippen LogP contribution in [0.5, 0.6) is 0 Å². The molecular formula is C12H20O9. The molecule has 1 saturated heterocycles. The van der Waals surface area contributed by atoms with E-state index in [1.54, 1.807) is 0 Å². The number of ether oxygens (including phenoxy) is 2. The minimum Gasteiger partial charge on any atom is -0.477 e. The van der Waals surface area contributed by atoms with Crippen molar-refractivity contribution in [1.82, 2.24) is 0 Å². The summed E-state index contributed by atoms with van der Waals surface area (Å²) >= 11 is 0. The van der Waals surface area contributed by atoms with Gasteiger partial charge in [-0.3, -0.25) is 4.79 Å². The molecule has 0 saturated carbocycles. The first-order valence-corrected chi connectivity index (χ1v) is 6.40. The second-order valence-corrected chi connectivity index (χ2v) is 5.13. The number of aliphatic hydroxyl groups excluding tert-OH is 3. The van der Waals surface area contributed by atoms with Crippen LogP contribution in [0.4, 0.5) is 0 Å². The molecule has 0 aromatic rings. The van der Waals surface area contributed by atoms with Gasteiger partial charge in [0.15, 0.2) is 6.10 Å². The van der Waals surface area contributed by atoms with Gasteiger partial charge in [-0.15, -0.1) is 0 Å². The highest BCUT2D eigenvalue weighted by Crippen LogP contribution is 2.34. The lowest BCUT2D eigenvalue weighted by Crippen LogP contribution is -2.60. The van der Waals surface area contributed by atoms with Crippen molar-refractivity contribution in [1.29, 1.82) is 0 Å². The van der Waals surface area contributed by atoms with Crippen molar-refractivity contribution in [2.45, 2.75) is 50.5 Å². The maximum atomic E-state index is 11.1. The van der Waals surface area contributed by atoms with Gasteiger partial charge in [0.05, 0.1) is 12.7 Å². The first-order valence-electron chi connectivity index (χ1n) is 6.40. The fourth-order valence-electron chi connectivity index (χ4n) is 2.23. The van der Waals surface area contributed by atoms with Crippen LogP contribution in [-0.2, 0) is 19.1 Å². The molecule has 1 aliphatic rings. The van der Waals surface area contributed by atoms with E-state index in [2.05, 4.69) is 0 Å². The van der Waals surface area contributed by atoms with Crippen LogP contribution in [0.1, 0.15) is 20.3 Å². The van der Waals surface area contributed by atoms with Crippen molar-refractivity contribution < 1.29 is 44.6 Å². The molecule has 6 unspecified atom stereocenters. The van der Waals surface area contributed by atoms with Gasteiger partial charge in [-0.2, -0.15) is 0 Å². The standard InChI is InChI=1S/C12H20O9/c1-5-7(15)3-12(19,11(17)18)21-9(5)10(8(16)4-13)20-6(2)14/h5,7-10,13,15-16,19H,3-4H2,1-2H3,(H,17,18). The molecule has 1 fully saturated rings. The van der Waals surface area contributed by atoms with Gasteiger partial charge in [-0.1, -0.05) is 6.92 Å². The second-order valence-electron chi connectivity index (χ2n) is 5.13. The predicted octanol–water partition coefficient (Wildman–Crippen LogP) is -2.17. The Balaban J connectivity index is 3.08. The second kappa shape index (κ2) is 6.67. The Morgan fingerprint density at radius 3 is 2.48 bits per heavy atom. The summed E-state index contributed by atoms with van der Waals surface area (Å²) in [4.78, 5) is 22.1. The van der Waals surface area contributed by atoms with E-state index < -0.39 is 61.1 Å². The van der Waals surface area contributed by atoms with Crippen LogP contribution in [0.3, 0.4) is 0 Å². The Morgan fingerprint density at radius 2 is 2.05 bits per heavy atom. The summed E-state index contributed by atoms with van der Waals surface area (Å²) in [6.07, 6.45) is -6.11. The fraction of sp³-hybridized carbons (Fsp3) is 0.833. The normalized spacial score (nSPS) is 35.8. The molecule has 9 heteroatoms. The minimum absolute atomic E-state index is 0.567. The molecule has 0 amide bonds. The lowest BCUT2D eigenvalue weighted by atomic mass is 9.84. The average molecular weight is 308 g/mol. The zero-order chi connectivity index (χ0) is 16.4. The lowest BCUT2D eigenvalue weighted by Gasteiger charge is -2.44. The number of esters is 1. The smallest absolute Gasteiger partial charge is 0.364 e. The third kappa shape index (κ3) is 3.89. The largest absolute Gasteiger partial charge is 0.477 e. The summed E-state index contributed by atoms with van der Waals surface area (Å²) in [5.74, 6) is -5.90. The van der Waals surface area contributed by atoms with Crippen LogP contribution in [0.25, 0.3) is 0 Å². The average Bonchev–Trinajstić information content (AvgIpc) is 2.39. The van der Waals surface area contributed by atoms with Crippen molar-refractivity contribution >= 4 is 11.9 Å². The van der Waals surface area contributed by atoms with E-state index in [9.17, 15) is 24.9 Å². The van der Waals surface area contributed by atoms with Crippen molar-refractivity contribution in [2.75, 3.05) is 6.61 Å². The molecule has 6 atom stereocenters.